The van der Waals surface area contributed by atoms with E-state index in [9.17, 15) is 26.7 Å². The molecule has 0 bridgehead atoms. The van der Waals surface area contributed by atoms with Crippen LogP contribution in [0.15, 0.2) is 6.20 Å². The van der Waals surface area contributed by atoms with E-state index in [0.29, 0.717) is 6.20 Å². The van der Waals surface area contributed by atoms with Gasteiger partial charge in [-0.3, -0.25) is 0 Å². The van der Waals surface area contributed by atoms with Crippen LogP contribution in [-0.4, -0.2) is 18.1 Å². The molecular formula is C9H5F5INO2. The van der Waals surface area contributed by atoms with Gasteiger partial charge in [-0.15, -0.1) is 0 Å². The van der Waals surface area contributed by atoms with Crippen LogP contribution in [0.3, 0.4) is 0 Å². The number of alkyl halides is 5. The van der Waals surface area contributed by atoms with E-state index < -0.39 is 39.0 Å². The third-order valence-electron chi connectivity index (χ3n) is 1.97. The van der Waals surface area contributed by atoms with Crippen LogP contribution < -0.4 is 0 Å². The van der Waals surface area contributed by atoms with Crippen LogP contribution in [0, 0.1) is 3.70 Å². The number of rotatable bonds is 2. The smallest absolute Gasteiger partial charge is 0.417 e. The normalized spacial score (nSPS) is 11.8. The average molecular weight is 381 g/mol. The Labute approximate surface area is 111 Å². The highest BCUT2D eigenvalue weighted by atomic mass is 127. The Morgan fingerprint density at radius 1 is 1.44 bits per heavy atom. The van der Waals surface area contributed by atoms with Crippen molar-refractivity contribution in [2.24, 2.45) is 0 Å². The summed E-state index contributed by atoms with van der Waals surface area (Å²) in [5, 5.41) is 0. The van der Waals surface area contributed by atoms with Crippen molar-refractivity contribution in [3.8, 4) is 0 Å². The van der Waals surface area contributed by atoms with Crippen molar-refractivity contribution in [1.82, 2.24) is 4.98 Å². The molecular weight excluding hydrogens is 376 g/mol. The lowest BCUT2D eigenvalue weighted by Crippen LogP contribution is -2.19. The largest absolute Gasteiger partial charge is 0.465 e. The van der Waals surface area contributed by atoms with Crippen LogP contribution in [0.4, 0.5) is 22.0 Å². The maximum absolute atomic E-state index is 12.8. The van der Waals surface area contributed by atoms with Gasteiger partial charge < -0.3 is 4.74 Å². The number of halogens is 6. The molecule has 0 fully saturated rings. The summed E-state index contributed by atoms with van der Waals surface area (Å²) in [6.07, 6.45) is -7.92. The second-order valence-corrected chi connectivity index (χ2v) is 4.06. The zero-order valence-corrected chi connectivity index (χ0v) is 10.8. The summed E-state index contributed by atoms with van der Waals surface area (Å²) in [6.45, 7) is 0. The van der Waals surface area contributed by atoms with Crippen molar-refractivity contribution >= 4 is 28.6 Å². The molecule has 3 nitrogen and oxygen atoms in total. The molecule has 100 valence electrons. The lowest BCUT2D eigenvalue weighted by Gasteiger charge is -2.16. The van der Waals surface area contributed by atoms with Gasteiger partial charge in [-0.1, -0.05) is 0 Å². The van der Waals surface area contributed by atoms with Crippen LogP contribution in [0.5, 0.6) is 0 Å². The van der Waals surface area contributed by atoms with E-state index in [2.05, 4.69) is 9.72 Å². The van der Waals surface area contributed by atoms with Gasteiger partial charge in [0, 0.05) is 6.20 Å². The van der Waals surface area contributed by atoms with E-state index >= 15 is 0 Å². The highest BCUT2D eigenvalue weighted by Crippen LogP contribution is 2.40. The summed E-state index contributed by atoms with van der Waals surface area (Å²) in [5.74, 6) is -1.37. The van der Waals surface area contributed by atoms with E-state index in [-0.39, 0.29) is 0 Å². The number of aromatic nitrogens is 1. The number of carbonyl (C=O) groups is 1. The summed E-state index contributed by atoms with van der Waals surface area (Å²) in [7, 11) is 0.850. The van der Waals surface area contributed by atoms with Gasteiger partial charge in [0.2, 0.25) is 0 Å². The van der Waals surface area contributed by atoms with E-state index in [1.54, 1.807) is 0 Å². The molecule has 0 saturated heterocycles. The Hall–Kier alpha value is -1.00. The van der Waals surface area contributed by atoms with Crippen molar-refractivity contribution in [2.45, 2.75) is 12.6 Å². The van der Waals surface area contributed by atoms with Gasteiger partial charge in [-0.2, -0.15) is 13.2 Å². The van der Waals surface area contributed by atoms with Crippen LogP contribution in [-0.2, 0) is 10.9 Å². The van der Waals surface area contributed by atoms with Gasteiger partial charge in [0.1, 0.15) is 3.70 Å². The van der Waals surface area contributed by atoms with Crippen molar-refractivity contribution in [2.75, 3.05) is 7.11 Å². The molecule has 1 aromatic heterocycles. The average Bonchev–Trinajstić information content (AvgIpc) is 2.25. The molecule has 0 aromatic carbocycles. The maximum atomic E-state index is 12.8. The number of hydrogen-bond donors (Lipinski definition) is 0. The first-order valence-corrected chi connectivity index (χ1v) is 5.40. The van der Waals surface area contributed by atoms with Crippen molar-refractivity contribution in [3.63, 3.8) is 0 Å². The Kier molecular flexibility index (Phi) is 4.46. The Balaban J connectivity index is 3.65. The molecule has 18 heavy (non-hydrogen) atoms. The molecule has 0 amide bonds. The highest BCUT2D eigenvalue weighted by Gasteiger charge is 2.41. The minimum Gasteiger partial charge on any atom is -0.465 e. The number of ether oxygens (including phenoxy) is 1. The standard InChI is InChI=1S/C9H5F5INO2/c1-18-8(17)3-2-16-7(15)4(6(10)11)5(3)9(12,13)14/h2,6H,1H3. The molecule has 0 aliphatic heterocycles. The predicted octanol–water partition coefficient (Wildman–Crippen LogP) is 3.43. The topological polar surface area (TPSA) is 39.2 Å². The Bertz CT molecular complexity index is 475. The number of carbonyl (C=O) groups excluding carboxylic acids is 1. The fraction of sp³-hybridized carbons (Fsp3) is 0.333. The van der Waals surface area contributed by atoms with E-state index in [1.807, 2.05) is 0 Å². The van der Waals surface area contributed by atoms with Gasteiger partial charge in [-0.05, 0) is 22.6 Å². The molecule has 9 heteroatoms. The van der Waals surface area contributed by atoms with E-state index in [0.717, 1.165) is 7.11 Å². The zero-order chi connectivity index (χ0) is 14.1. The molecule has 0 radical (unpaired) electrons. The van der Waals surface area contributed by atoms with E-state index in [1.165, 1.54) is 22.6 Å². The summed E-state index contributed by atoms with van der Waals surface area (Å²) in [4.78, 5) is 14.5. The van der Waals surface area contributed by atoms with Gasteiger partial charge in [-0.25, -0.2) is 18.6 Å². The second kappa shape index (κ2) is 5.33. The summed E-state index contributed by atoms with van der Waals surface area (Å²) < 4.78 is 67.3. The Morgan fingerprint density at radius 3 is 2.39 bits per heavy atom. The molecule has 0 spiro atoms. The number of esters is 1. The number of hydrogen-bond acceptors (Lipinski definition) is 3. The Morgan fingerprint density at radius 2 is 2.00 bits per heavy atom. The summed E-state index contributed by atoms with van der Waals surface area (Å²) in [6, 6.07) is 0. The molecule has 0 saturated carbocycles. The number of methoxy groups -OCH3 is 1. The van der Waals surface area contributed by atoms with Crippen LogP contribution in [0.25, 0.3) is 0 Å². The van der Waals surface area contributed by atoms with Crippen molar-refractivity contribution < 1.29 is 31.5 Å². The minimum atomic E-state index is -5.10. The fourth-order valence-corrected chi connectivity index (χ4v) is 1.92. The molecule has 0 aliphatic rings. The first-order chi connectivity index (χ1) is 8.20. The van der Waals surface area contributed by atoms with Crippen molar-refractivity contribution in [3.05, 3.63) is 26.6 Å². The first kappa shape index (κ1) is 15.1. The van der Waals surface area contributed by atoms with Gasteiger partial charge >= 0.3 is 12.1 Å². The number of nitrogens with zero attached hydrogens (tertiary/aromatic N) is 1. The molecule has 0 aliphatic carbocycles. The SMILES string of the molecule is COC(=O)c1cnc(I)c(C(F)F)c1C(F)(F)F. The third-order valence-corrected chi connectivity index (χ3v) is 2.83. The molecule has 0 atom stereocenters. The van der Waals surface area contributed by atoms with Gasteiger partial charge in [0.05, 0.1) is 23.8 Å². The maximum Gasteiger partial charge on any atom is 0.417 e. The first-order valence-electron chi connectivity index (χ1n) is 4.32. The molecule has 1 rings (SSSR count). The second-order valence-electron chi connectivity index (χ2n) is 3.04. The molecule has 1 heterocycles. The molecule has 0 N–H and O–H groups in total. The monoisotopic (exact) mass is 381 g/mol. The lowest BCUT2D eigenvalue weighted by atomic mass is 10.0. The lowest BCUT2D eigenvalue weighted by molar-refractivity contribution is -0.140. The number of pyridine rings is 1. The fourth-order valence-electron chi connectivity index (χ4n) is 1.27. The zero-order valence-electron chi connectivity index (χ0n) is 8.69. The van der Waals surface area contributed by atoms with E-state index in [4.69, 9.17) is 0 Å². The van der Waals surface area contributed by atoms with Crippen molar-refractivity contribution in [1.29, 1.82) is 0 Å². The highest BCUT2D eigenvalue weighted by molar-refractivity contribution is 14.1. The predicted molar refractivity (Wildman–Crippen MR) is 58.3 cm³/mol. The van der Waals surface area contributed by atoms with Gasteiger partial charge in [0.25, 0.3) is 6.43 Å². The molecule has 1 aromatic rings. The summed E-state index contributed by atoms with van der Waals surface area (Å²) in [5.41, 5.74) is -4.05. The van der Waals surface area contributed by atoms with Crippen LogP contribution in [0.2, 0.25) is 0 Å². The third kappa shape index (κ3) is 2.87. The van der Waals surface area contributed by atoms with Gasteiger partial charge in [0.15, 0.2) is 0 Å². The molecule has 0 unspecified atom stereocenters. The minimum absolute atomic E-state index is 0.512. The quantitative estimate of drug-likeness (QED) is 0.341. The van der Waals surface area contributed by atoms with Crippen LogP contribution in [0.1, 0.15) is 27.9 Å². The summed E-state index contributed by atoms with van der Waals surface area (Å²) >= 11 is 1.25. The van der Waals surface area contributed by atoms with Crippen LogP contribution >= 0.6 is 22.6 Å².